The number of hydrogen-bond acceptors (Lipinski definition) is 6. The fourth-order valence-corrected chi connectivity index (χ4v) is 5.03. The summed E-state index contributed by atoms with van der Waals surface area (Å²) < 4.78 is 33.3. The van der Waals surface area contributed by atoms with Gasteiger partial charge in [0.2, 0.25) is 5.89 Å². The van der Waals surface area contributed by atoms with Crippen molar-refractivity contribution in [2.45, 2.75) is 30.6 Å². The molecule has 0 saturated carbocycles. The summed E-state index contributed by atoms with van der Waals surface area (Å²) in [5.41, 5.74) is 3.96. The largest absolute Gasteiger partial charge is 0.403 e. The summed E-state index contributed by atoms with van der Waals surface area (Å²) in [7, 11) is -3.77. The SMILES string of the molecule is O=C(Nc1nnc(-c2ccc3c(c2)CCCC3)o1)c1cccc(NS(=O)(=O)c2ccccc2)c1. The van der Waals surface area contributed by atoms with E-state index < -0.39 is 15.9 Å². The van der Waals surface area contributed by atoms with Gasteiger partial charge in [-0.2, -0.15) is 0 Å². The number of sulfonamides is 1. The van der Waals surface area contributed by atoms with Crippen molar-refractivity contribution in [1.29, 1.82) is 0 Å². The molecule has 8 nitrogen and oxygen atoms in total. The molecule has 1 heterocycles. The molecule has 0 saturated heterocycles. The van der Waals surface area contributed by atoms with E-state index in [1.165, 1.54) is 42.2 Å². The van der Waals surface area contributed by atoms with Crippen LogP contribution in [0.1, 0.15) is 34.3 Å². The number of benzene rings is 3. The van der Waals surface area contributed by atoms with Crippen LogP contribution >= 0.6 is 0 Å². The van der Waals surface area contributed by atoms with Crippen LogP contribution < -0.4 is 10.0 Å². The molecule has 2 N–H and O–H groups in total. The fraction of sp³-hybridized carbons (Fsp3) is 0.160. The Balaban J connectivity index is 1.30. The summed E-state index contributed by atoms with van der Waals surface area (Å²) in [6.07, 6.45) is 4.49. The second-order valence-corrected chi connectivity index (χ2v) is 9.74. The van der Waals surface area contributed by atoms with Gasteiger partial charge in [0.1, 0.15) is 0 Å². The van der Waals surface area contributed by atoms with Crippen LogP contribution in [0.5, 0.6) is 0 Å². The van der Waals surface area contributed by atoms with Crippen molar-refractivity contribution in [2.24, 2.45) is 0 Å². The van der Waals surface area contributed by atoms with Gasteiger partial charge in [0.05, 0.1) is 4.90 Å². The van der Waals surface area contributed by atoms with Crippen LogP contribution in [-0.4, -0.2) is 24.5 Å². The number of anilines is 2. The normalized spacial score (nSPS) is 13.2. The Morgan fingerprint density at radius 1 is 0.853 bits per heavy atom. The van der Waals surface area contributed by atoms with Crippen LogP contribution in [0.2, 0.25) is 0 Å². The van der Waals surface area contributed by atoms with Gasteiger partial charge in [0.15, 0.2) is 0 Å². The van der Waals surface area contributed by atoms with Crippen molar-refractivity contribution < 1.29 is 17.6 Å². The van der Waals surface area contributed by atoms with Crippen LogP contribution in [0.3, 0.4) is 0 Å². The van der Waals surface area contributed by atoms with E-state index >= 15 is 0 Å². The Labute approximate surface area is 197 Å². The van der Waals surface area contributed by atoms with Crippen LogP contribution in [0, 0.1) is 0 Å². The second-order valence-electron chi connectivity index (χ2n) is 8.06. The maximum absolute atomic E-state index is 12.7. The van der Waals surface area contributed by atoms with Gasteiger partial charge < -0.3 is 4.42 Å². The summed E-state index contributed by atoms with van der Waals surface area (Å²) in [5, 5.41) is 10.6. The van der Waals surface area contributed by atoms with Gasteiger partial charge >= 0.3 is 6.01 Å². The van der Waals surface area contributed by atoms with E-state index in [1.54, 1.807) is 36.4 Å². The molecule has 0 fully saturated rings. The van der Waals surface area contributed by atoms with E-state index in [4.69, 9.17) is 4.42 Å². The molecule has 172 valence electrons. The number of carbonyl (C=O) groups excluding carboxylic acids is 1. The van der Waals surface area contributed by atoms with Gasteiger partial charge in [-0.25, -0.2) is 8.42 Å². The van der Waals surface area contributed by atoms with Crippen LogP contribution in [0.4, 0.5) is 11.7 Å². The first-order valence-electron chi connectivity index (χ1n) is 10.9. The Morgan fingerprint density at radius 2 is 1.65 bits per heavy atom. The highest BCUT2D eigenvalue weighted by molar-refractivity contribution is 7.92. The van der Waals surface area contributed by atoms with E-state index in [-0.39, 0.29) is 22.2 Å². The molecule has 1 aromatic heterocycles. The molecule has 3 aromatic carbocycles. The smallest absolute Gasteiger partial charge is 0.322 e. The number of aryl methyl sites for hydroxylation is 2. The third kappa shape index (κ3) is 4.69. The van der Waals surface area contributed by atoms with Gasteiger partial charge in [-0.05, 0) is 79.3 Å². The zero-order valence-electron chi connectivity index (χ0n) is 18.2. The number of fused-ring (bicyclic) bond motifs is 1. The third-order valence-electron chi connectivity index (χ3n) is 5.67. The topological polar surface area (TPSA) is 114 Å². The summed E-state index contributed by atoms with van der Waals surface area (Å²) in [6, 6.07) is 20.2. The molecule has 0 spiro atoms. The minimum absolute atomic E-state index is 0.0343. The lowest BCUT2D eigenvalue weighted by Crippen LogP contribution is -2.15. The first kappa shape index (κ1) is 21.8. The maximum Gasteiger partial charge on any atom is 0.322 e. The number of carbonyl (C=O) groups is 1. The zero-order chi connectivity index (χ0) is 23.5. The minimum Gasteiger partial charge on any atom is -0.403 e. The van der Waals surface area contributed by atoms with Gasteiger partial charge in [0.25, 0.3) is 15.9 Å². The predicted octanol–water partition coefficient (Wildman–Crippen LogP) is 4.67. The van der Waals surface area contributed by atoms with Gasteiger partial charge in [-0.1, -0.05) is 35.4 Å². The van der Waals surface area contributed by atoms with E-state index in [0.29, 0.717) is 5.89 Å². The maximum atomic E-state index is 12.7. The van der Waals surface area contributed by atoms with Gasteiger partial charge in [-0.15, -0.1) is 5.10 Å². The van der Waals surface area contributed by atoms with E-state index in [9.17, 15) is 13.2 Å². The molecular formula is C25H22N4O4S. The summed E-state index contributed by atoms with van der Waals surface area (Å²) in [5.74, 6) is -0.172. The van der Waals surface area contributed by atoms with Crippen molar-refractivity contribution in [2.75, 3.05) is 10.0 Å². The molecule has 1 aliphatic rings. The first-order chi connectivity index (χ1) is 16.5. The molecule has 9 heteroatoms. The molecule has 5 rings (SSSR count). The monoisotopic (exact) mass is 474 g/mol. The van der Waals surface area contributed by atoms with E-state index in [2.05, 4.69) is 32.4 Å². The van der Waals surface area contributed by atoms with E-state index in [1.807, 2.05) is 6.07 Å². The summed E-state index contributed by atoms with van der Waals surface area (Å²) >= 11 is 0. The number of rotatable bonds is 6. The second kappa shape index (κ2) is 9.11. The molecule has 0 bridgehead atoms. The quantitative estimate of drug-likeness (QED) is 0.420. The highest BCUT2D eigenvalue weighted by Crippen LogP contribution is 2.27. The molecule has 0 radical (unpaired) electrons. The van der Waals surface area contributed by atoms with E-state index in [0.717, 1.165) is 18.4 Å². The molecule has 34 heavy (non-hydrogen) atoms. The fourth-order valence-electron chi connectivity index (χ4n) is 3.96. The summed E-state index contributed by atoms with van der Waals surface area (Å²) in [6.45, 7) is 0. The zero-order valence-corrected chi connectivity index (χ0v) is 19.0. The number of amides is 1. The third-order valence-corrected chi connectivity index (χ3v) is 7.07. The Bertz CT molecular complexity index is 1450. The van der Waals surface area contributed by atoms with Crippen LogP contribution in [-0.2, 0) is 22.9 Å². The Hall–Kier alpha value is -3.98. The van der Waals surface area contributed by atoms with Crippen LogP contribution in [0.15, 0.2) is 82.1 Å². The van der Waals surface area contributed by atoms with Crippen molar-refractivity contribution in [3.8, 4) is 11.5 Å². The van der Waals surface area contributed by atoms with Crippen molar-refractivity contribution in [3.63, 3.8) is 0 Å². The Kier molecular flexibility index (Phi) is 5.85. The molecule has 0 aliphatic heterocycles. The molecule has 1 amide bonds. The molecule has 0 unspecified atom stereocenters. The average Bonchev–Trinajstić information content (AvgIpc) is 3.32. The average molecular weight is 475 g/mol. The highest BCUT2D eigenvalue weighted by atomic mass is 32.2. The lowest BCUT2D eigenvalue weighted by atomic mass is 9.90. The van der Waals surface area contributed by atoms with Crippen molar-refractivity contribution in [3.05, 3.63) is 89.5 Å². The number of aromatic nitrogens is 2. The molecular weight excluding hydrogens is 452 g/mol. The van der Waals surface area contributed by atoms with Crippen LogP contribution in [0.25, 0.3) is 11.5 Å². The molecule has 0 atom stereocenters. The minimum atomic E-state index is -3.77. The molecule has 4 aromatic rings. The number of nitrogens with one attached hydrogen (secondary N) is 2. The number of hydrogen-bond donors (Lipinski definition) is 2. The number of nitrogens with zero attached hydrogens (tertiary/aromatic N) is 2. The lowest BCUT2D eigenvalue weighted by molar-refractivity contribution is 0.102. The van der Waals surface area contributed by atoms with Crippen molar-refractivity contribution in [1.82, 2.24) is 10.2 Å². The molecule has 1 aliphatic carbocycles. The standard InChI is InChI=1S/C25H22N4O4S/c30-23(19-9-6-10-21(16-19)29-34(31,32)22-11-2-1-3-12-22)26-25-28-27-24(33-25)20-14-13-17-7-4-5-8-18(17)15-20/h1-3,6,9-16,29H,4-5,7-8H2,(H,26,28,30). The lowest BCUT2D eigenvalue weighted by Gasteiger charge is -2.15. The van der Waals surface area contributed by atoms with Gasteiger partial charge in [-0.3, -0.25) is 14.8 Å². The predicted molar refractivity (Wildman–Crippen MR) is 128 cm³/mol. The highest BCUT2D eigenvalue weighted by Gasteiger charge is 2.17. The van der Waals surface area contributed by atoms with Gasteiger partial charge in [0, 0.05) is 16.8 Å². The van der Waals surface area contributed by atoms with Crippen molar-refractivity contribution >= 4 is 27.6 Å². The summed E-state index contributed by atoms with van der Waals surface area (Å²) in [4.78, 5) is 12.9. The first-order valence-corrected chi connectivity index (χ1v) is 12.4. The Morgan fingerprint density at radius 3 is 2.47 bits per heavy atom.